The van der Waals surface area contributed by atoms with Crippen molar-refractivity contribution in [2.24, 2.45) is 0 Å². The van der Waals surface area contributed by atoms with E-state index in [1.807, 2.05) is 11.3 Å². The van der Waals surface area contributed by atoms with Crippen LogP contribution in [0.5, 0.6) is 0 Å². The van der Waals surface area contributed by atoms with Gasteiger partial charge in [-0.3, -0.25) is 9.69 Å². The third-order valence-corrected chi connectivity index (χ3v) is 7.62. The van der Waals surface area contributed by atoms with Crippen LogP contribution in [0.15, 0.2) is 41.8 Å². The molecule has 142 valence electrons. The topological polar surface area (TPSA) is 32.3 Å². The summed E-state index contributed by atoms with van der Waals surface area (Å²) < 4.78 is 0. The minimum Gasteiger partial charge on any atom is -0.353 e. The fourth-order valence-electron chi connectivity index (χ4n) is 5.18. The molecular formula is C23H28N2OS. The van der Waals surface area contributed by atoms with Gasteiger partial charge in [-0.1, -0.05) is 30.3 Å². The van der Waals surface area contributed by atoms with Gasteiger partial charge in [-0.15, -0.1) is 11.3 Å². The molecule has 0 radical (unpaired) electrons. The van der Waals surface area contributed by atoms with Crippen LogP contribution in [-0.2, 0) is 16.8 Å². The zero-order chi connectivity index (χ0) is 18.3. The van der Waals surface area contributed by atoms with E-state index >= 15 is 0 Å². The number of nitrogens with zero attached hydrogens (tertiary/aromatic N) is 1. The number of carbonyl (C=O) groups excluding carboxylic acids is 1. The van der Waals surface area contributed by atoms with Crippen LogP contribution in [0, 0.1) is 0 Å². The Morgan fingerprint density at radius 3 is 2.70 bits per heavy atom. The largest absolute Gasteiger partial charge is 0.353 e. The van der Waals surface area contributed by atoms with Gasteiger partial charge in [-0.25, -0.2) is 0 Å². The van der Waals surface area contributed by atoms with Crippen molar-refractivity contribution in [3.63, 3.8) is 0 Å². The van der Waals surface area contributed by atoms with E-state index in [1.165, 1.54) is 28.8 Å². The molecule has 4 heteroatoms. The normalized spacial score (nSPS) is 24.1. The van der Waals surface area contributed by atoms with Crippen LogP contribution in [0.4, 0.5) is 0 Å². The summed E-state index contributed by atoms with van der Waals surface area (Å²) in [5.41, 5.74) is 3.26. The molecular weight excluding hydrogens is 352 g/mol. The van der Waals surface area contributed by atoms with Crippen molar-refractivity contribution < 1.29 is 4.79 Å². The summed E-state index contributed by atoms with van der Waals surface area (Å²) in [6.45, 7) is 3.41. The molecule has 0 unspecified atom stereocenters. The standard InChI is InChI=1S/C23H28N2OS/c26-22(24-18-7-8-18)14-17-15-23(21-6-2-1-5-20(17)21)9-11-25(12-10-23)16-19-4-3-13-27-19/h1-6,13,17-18H,7-12,14-16H2,(H,24,26)/t17-/m0/s1. The number of likely N-dealkylation sites (tertiary alicyclic amines) is 1. The number of fused-ring (bicyclic) bond motifs is 2. The average Bonchev–Trinajstić information content (AvgIpc) is 3.24. The fourth-order valence-corrected chi connectivity index (χ4v) is 5.93. The van der Waals surface area contributed by atoms with E-state index in [-0.39, 0.29) is 11.3 Å². The number of piperidine rings is 1. The minimum absolute atomic E-state index is 0.254. The number of thiophene rings is 1. The lowest BCUT2D eigenvalue weighted by Gasteiger charge is -2.40. The van der Waals surface area contributed by atoms with Crippen molar-refractivity contribution in [1.29, 1.82) is 0 Å². The second kappa shape index (κ2) is 7.06. The molecule has 2 aromatic rings. The number of hydrogen-bond donors (Lipinski definition) is 1. The molecule has 2 heterocycles. The highest BCUT2D eigenvalue weighted by atomic mass is 32.1. The number of hydrogen-bond acceptors (Lipinski definition) is 3. The maximum Gasteiger partial charge on any atom is 0.220 e. The van der Waals surface area contributed by atoms with Gasteiger partial charge in [0.2, 0.25) is 5.91 Å². The van der Waals surface area contributed by atoms with Crippen molar-refractivity contribution in [1.82, 2.24) is 10.2 Å². The van der Waals surface area contributed by atoms with Crippen molar-refractivity contribution in [2.75, 3.05) is 13.1 Å². The van der Waals surface area contributed by atoms with Crippen LogP contribution in [0.25, 0.3) is 0 Å². The first kappa shape index (κ1) is 17.4. The summed E-state index contributed by atoms with van der Waals surface area (Å²) in [4.78, 5) is 16.5. The van der Waals surface area contributed by atoms with Gasteiger partial charge in [-0.2, -0.15) is 0 Å². The molecule has 1 atom stereocenters. The van der Waals surface area contributed by atoms with E-state index in [1.54, 1.807) is 0 Å². The first-order valence-corrected chi connectivity index (χ1v) is 11.2. The molecule has 1 amide bonds. The van der Waals surface area contributed by atoms with Crippen LogP contribution in [0.2, 0.25) is 0 Å². The molecule has 27 heavy (non-hydrogen) atoms. The van der Waals surface area contributed by atoms with Crippen molar-refractivity contribution in [3.05, 3.63) is 57.8 Å². The molecule has 0 bridgehead atoms. The molecule has 1 saturated carbocycles. The molecule has 2 aliphatic carbocycles. The molecule has 1 N–H and O–H groups in total. The van der Waals surface area contributed by atoms with E-state index in [2.05, 4.69) is 52.0 Å². The average molecular weight is 381 g/mol. The Hall–Kier alpha value is -1.65. The summed E-state index contributed by atoms with van der Waals surface area (Å²) in [7, 11) is 0. The zero-order valence-corrected chi connectivity index (χ0v) is 16.6. The van der Waals surface area contributed by atoms with Crippen LogP contribution in [-0.4, -0.2) is 29.9 Å². The first-order chi connectivity index (χ1) is 13.2. The van der Waals surface area contributed by atoms with Crippen LogP contribution >= 0.6 is 11.3 Å². The van der Waals surface area contributed by atoms with Gasteiger partial charge < -0.3 is 5.32 Å². The Morgan fingerprint density at radius 2 is 1.96 bits per heavy atom. The number of carbonyl (C=O) groups is 1. The predicted octanol–water partition coefficient (Wildman–Crippen LogP) is 4.44. The third-order valence-electron chi connectivity index (χ3n) is 6.76. The van der Waals surface area contributed by atoms with Gasteiger partial charge in [0.15, 0.2) is 0 Å². The molecule has 1 saturated heterocycles. The highest BCUT2D eigenvalue weighted by Gasteiger charge is 2.45. The SMILES string of the molecule is O=C(C[C@H]1CC2(CCN(Cc3cccs3)CC2)c2ccccc21)NC1CC1. The van der Waals surface area contributed by atoms with Crippen molar-refractivity contribution in [2.45, 2.75) is 62.4 Å². The van der Waals surface area contributed by atoms with Gasteiger partial charge in [0.05, 0.1) is 0 Å². The van der Waals surface area contributed by atoms with Gasteiger partial charge in [0.1, 0.15) is 0 Å². The van der Waals surface area contributed by atoms with Crippen LogP contribution < -0.4 is 5.32 Å². The molecule has 1 spiro atoms. The first-order valence-electron chi connectivity index (χ1n) is 10.4. The summed E-state index contributed by atoms with van der Waals surface area (Å²) >= 11 is 1.86. The fraction of sp³-hybridized carbons (Fsp3) is 0.522. The summed E-state index contributed by atoms with van der Waals surface area (Å²) in [5.74, 6) is 0.647. The van der Waals surface area contributed by atoms with Crippen LogP contribution in [0.1, 0.15) is 60.4 Å². The Morgan fingerprint density at radius 1 is 1.15 bits per heavy atom. The number of amides is 1. The molecule has 3 aliphatic rings. The Balaban J connectivity index is 1.29. The monoisotopic (exact) mass is 380 g/mol. The second-order valence-corrected chi connectivity index (χ2v) is 9.70. The van der Waals surface area contributed by atoms with E-state index in [9.17, 15) is 4.79 Å². The number of nitrogens with one attached hydrogen (secondary N) is 1. The van der Waals surface area contributed by atoms with E-state index in [0.29, 0.717) is 18.4 Å². The smallest absolute Gasteiger partial charge is 0.220 e. The highest BCUT2D eigenvalue weighted by Crippen LogP contribution is 2.52. The van der Waals surface area contributed by atoms with Gasteiger partial charge >= 0.3 is 0 Å². The maximum atomic E-state index is 12.4. The molecule has 1 aromatic heterocycles. The van der Waals surface area contributed by atoms with Crippen LogP contribution in [0.3, 0.4) is 0 Å². The quantitative estimate of drug-likeness (QED) is 0.832. The number of rotatable bonds is 5. The summed E-state index contributed by atoms with van der Waals surface area (Å²) in [6.07, 6.45) is 6.58. The van der Waals surface area contributed by atoms with Gasteiger partial charge in [-0.05, 0) is 79.1 Å². The second-order valence-electron chi connectivity index (χ2n) is 8.67. The molecule has 3 nitrogen and oxygen atoms in total. The lowest BCUT2D eigenvalue weighted by molar-refractivity contribution is -0.121. The van der Waals surface area contributed by atoms with E-state index in [4.69, 9.17) is 0 Å². The number of benzene rings is 1. The highest BCUT2D eigenvalue weighted by molar-refractivity contribution is 7.09. The maximum absolute atomic E-state index is 12.4. The lowest BCUT2D eigenvalue weighted by atomic mass is 9.73. The van der Waals surface area contributed by atoms with Crippen molar-refractivity contribution >= 4 is 17.2 Å². The zero-order valence-electron chi connectivity index (χ0n) is 15.8. The van der Waals surface area contributed by atoms with E-state index < -0.39 is 0 Å². The molecule has 1 aromatic carbocycles. The molecule has 1 aliphatic heterocycles. The molecule has 5 rings (SSSR count). The lowest BCUT2D eigenvalue weighted by Crippen LogP contribution is -2.41. The Labute approximate surface area is 165 Å². The van der Waals surface area contributed by atoms with E-state index in [0.717, 1.165) is 38.9 Å². The van der Waals surface area contributed by atoms with Crippen molar-refractivity contribution in [3.8, 4) is 0 Å². The predicted molar refractivity (Wildman–Crippen MR) is 110 cm³/mol. The molecule has 2 fully saturated rings. The third kappa shape index (κ3) is 3.57. The Bertz CT molecular complexity index is 804. The summed E-state index contributed by atoms with van der Waals surface area (Å²) in [5, 5.41) is 5.36. The summed E-state index contributed by atoms with van der Waals surface area (Å²) in [6, 6.07) is 13.8. The van der Waals surface area contributed by atoms with Gasteiger partial charge in [0.25, 0.3) is 0 Å². The Kier molecular flexibility index (Phi) is 4.57. The van der Waals surface area contributed by atoms with Gasteiger partial charge in [0, 0.05) is 23.9 Å². The minimum atomic E-state index is 0.254.